The topological polar surface area (TPSA) is 71.4 Å². The largest absolute Gasteiger partial charge is 0.199 e. The second-order valence-electron chi connectivity index (χ2n) is 3.80. The van der Waals surface area contributed by atoms with Crippen LogP contribution in [-0.4, -0.2) is 0 Å². The van der Waals surface area contributed by atoms with E-state index < -0.39 is 0 Å². The molecule has 111 valence electrons. The molecule has 0 heterocycles. The number of rotatable bonds is 0. The van der Waals surface area contributed by atoms with E-state index in [1.807, 2.05) is 0 Å². The monoisotopic (exact) mass is 314 g/mol. The van der Waals surface area contributed by atoms with Crippen LogP contribution in [0, 0.1) is 63.6 Å². The van der Waals surface area contributed by atoms with Crippen molar-refractivity contribution in [1.82, 2.24) is 0 Å². The van der Waals surface area contributed by atoms with Crippen LogP contribution in [0.5, 0.6) is 0 Å². The van der Waals surface area contributed by atoms with Gasteiger partial charge in [0.15, 0.2) is 0 Å². The number of nitriles is 3. The van der Waals surface area contributed by atoms with Crippen LogP contribution in [0.2, 0.25) is 0 Å². The average molecular weight is 314 g/mol. The van der Waals surface area contributed by atoms with Crippen LogP contribution < -0.4 is 0 Å². The third kappa shape index (κ3) is 12.0. The van der Waals surface area contributed by atoms with Crippen LogP contribution in [0.25, 0.3) is 0 Å². The van der Waals surface area contributed by atoms with Gasteiger partial charge >= 0.3 is 0 Å². The molecule has 3 nitrogen and oxygen atoms in total. The van der Waals surface area contributed by atoms with Crippen molar-refractivity contribution in [2.45, 2.75) is 55.4 Å². The maximum Gasteiger partial charge on any atom is 0.0587 e. The minimum absolute atomic E-state index is 0. The maximum atomic E-state index is 7.32. The molecule has 0 aromatic carbocycles. The Bertz CT molecular complexity index is 249. The summed E-state index contributed by atoms with van der Waals surface area (Å²) in [5.74, 6) is 7.34. The summed E-state index contributed by atoms with van der Waals surface area (Å²) in [5, 5.41) is 22.0. The van der Waals surface area contributed by atoms with Gasteiger partial charge in [-0.25, -0.2) is 0 Å². The molecule has 0 bridgehead atoms. The van der Waals surface area contributed by atoms with E-state index in [4.69, 9.17) is 15.8 Å². The van der Waals surface area contributed by atoms with Gasteiger partial charge in [-0.1, -0.05) is 34.6 Å². The molecule has 1 fully saturated rings. The van der Waals surface area contributed by atoms with Gasteiger partial charge in [0.05, 0.1) is 18.2 Å². The molecule has 0 amide bonds. The van der Waals surface area contributed by atoms with Crippen LogP contribution in [0.3, 0.4) is 0 Å². The van der Waals surface area contributed by atoms with Gasteiger partial charge in [0.1, 0.15) is 0 Å². The molecule has 1 saturated carbocycles. The summed E-state index contributed by atoms with van der Waals surface area (Å²) in [5.41, 5.74) is 0. The molecule has 0 aromatic rings. The van der Waals surface area contributed by atoms with Crippen molar-refractivity contribution in [3.8, 4) is 18.2 Å². The molecular formula is C16H24FeN3. The van der Waals surface area contributed by atoms with Gasteiger partial charge in [-0.3, -0.25) is 0 Å². The molecule has 5 radical (unpaired) electrons. The second-order valence-corrected chi connectivity index (χ2v) is 3.80. The van der Waals surface area contributed by atoms with Crippen molar-refractivity contribution in [3.05, 3.63) is 29.6 Å². The van der Waals surface area contributed by atoms with Gasteiger partial charge < -0.3 is 0 Å². The molecule has 0 unspecified atom stereocenters. The van der Waals surface area contributed by atoms with Crippen molar-refractivity contribution in [1.29, 1.82) is 15.8 Å². The standard InChI is InChI=1S/C10H15.3C2H3N.Fe/c1-6-7(2)9(4)10(5)8(6)3;3*1-2-3;/h1-5H3;3*1H3;. The van der Waals surface area contributed by atoms with Gasteiger partial charge in [-0.05, 0) is 29.6 Å². The van der Waals surface area contributed by atoms with E-state index in [9.17, 15) is 0 Å². The van der Waals surface area contributed by atoms with Crippen molar-refractivity contribution in [2.75, 3.05) is 0 Å². The van der Waals surface area contributed by atoms with E-state index in [1.54, 1.807) is 18.2 Å². The zero-order valence-electron chi connectivity index (χ0n) is 13.7. The van der Waals surface area contributed by atoms with Crippen molar-refractivity contribution in [3.63, 3.8) is 0 Å². The first-order chi connectivity index (χ1) is 8.80. The number of hydrogen-bond acceptors (Lipinski definition) is 3. The Morgan fingerprint density at radius 1 is 0.500 bits per heavy atom. The molecule has 1 aliphatic carbocycles. The van der Waals surface area contributed by atoms with Crippen LogP contribution in [-0.2, 0) is 17.1 Å². The van der Waals surface area contributed by atoms with Gasteiger partial charge in [-0.15, -0.1) is 0 Å². The van der Waals surface area contributed by atoms with Gasteiger partial charge in [0.2, 0.25) is 0 Å². The van der Waals surface area contributed by atoms with Gasteiger partial charge in [0, 0.05) is 37.8 Å². The summed E-state index contributed by atoms with van der Waals surface area (Å²) >= 11 is 0. The van der Waals surface area contributed by atoms with Crippen molar-refractivity contribution in [2.24, 2.45) is 0 Å². The minimum Gasteiger partial charge on any atom is -0.199 e. The smallest absolute Gasteiger partial charge is 0.0587 e. The van der Waals surface area contributed by atoms with Gasteiger partial charge in [0.25, 0.3) is 0 Å². The van der Waals surface area contributed by atoms with E-state index in [0.717, 1.165) is 0 Å². The van der Waals surface area contributed by atoms with Crippen LogP contribution in [0.1, 0.15) is 55.4 Å². The Morgan fingerprint density at radius 3 is 0.600 bits per heavy atom. The Labute approximate surface area is 136 Å². The Hall–Kier alpha value is -1.01. The Kier molecular flexibility index (Phi) is 24.6. The molecule has 1 rings (SSSR count). The van der Waals surface area contributed by atoms with E-state index in [2.05, 4.69) is 34.6 Å². The van der Waals surface area contributed by atoms with Crippen LogP contribution in [0.4, 0.5) is 0 Å². The Morgan fingerprint density at radius 2 is 0.550 bits per heavy atom. The molecule has 0 N–H and O–H groups in total. The second kappa shape index (κ2) is 18.0. The van der Waals surface area contributed by atoms with E-state index in [-0.39, 0.29) is 17.1 Å². The molecule has 4 heteroatoms. The van der Waals surface area contributed by atoms with Crippen molar-refractivity contribution >= 4 is 0 Å². The van der Waals surface area contributed by atoms with Crippen LogP contribution >= 0.6 is 0 Å². The maximum absolute atomic E-state index is 7.32. The summed E-state index contributed by atoms with van der Waals surface area (Å²) in [4.78, 5) is 0. The molecule has 20 heavy (non-hydrogen) atoms. The summed E-state index contributed by atoms with van der Waals surface area (Å²) in [6.07, 6.45) is 0. The molecule has 0 spiro atoms. The van der Waals surface area contributed by atoms with Crippen LogP contribution in [0.15, 0.2) is 0 Å². The van der Waals surface area contributed by atoms with Gasteiger partial charge in [-0.2, -0.15) is 15.8 Å². The minimum atomic E-state index is 0. The van der Waals surface area contributed by atoms with E-state index in [1.165, 1.54) is 50.4 Å². The van der Waals surface area contributed by atoms with Crippen molar-refractivity contribution < 1.29 is 17.1 Å². The quantitative estimate of drug-likeness (QED) is 0.615. The number of nitrogens with zero attached hydrogens (tertiary/aromatic N) is 3. The van der Waals surface area contributed by atoms with E-state index >= 15 is 0 Å². The zero-order valence-corrected chi connectivity index (χ0v) is 14.8. The molecule has 0 atom stereocenters. The molecular weight excluding hydrogens is 290 g/mol. The fourth-order valence-corrected chi connectivity index (χ4v) is 1.41. The SMILES string of the molecule is CC#N.CC#N.CC#N.C[C]1[C](C)[C](C)[C](C)[C]1C.[Fe]. The molecule has 0 saturated heterocycles. The summed E-state index contributed by atoms with van der Waals surface area (Å²) in [6.45, 7) is 15.3. The summed E-state index contributed by atoms with van der Waals surface area (Å²) < 4.78 is 0. The third-order valence-electron chi connectivity index (χ3n) is 2.81. The Balaban J connectivity index is -0.000000108. The summed E-state index contributed by atoms with van der Waals surface area (Å²) in [6, 6.07) is 5.25. The fourth-order valence-electron chi connectivity index (χ4n) is 1.41. The zero-order chi connectivity index (χ0) is 16.0. The third-order valence-corrected chi connectivity index (χ3v) is 2.81. The average Bonchev–Trinajstić information content (AvgIpc) is 2.51. The first-order valence-electron chi connectivity index (χ1n) is 5.92. The van der Waals surface area contributed by atoms with E-state index in [0.29, 0.717) is 0 Å². The molecule has 0 aliphatic heterocycles. The first-order valence-corrected chi connectivity index (χ1v) is 5.92. The predicted molar refractivity (Wildman–Crippen MR) is 78.4 cm³/mol. The number of hydrogen-bond donors (Lipinski definition) is 0. The normalized spacial score (nSPS) is 15.4. The first kappa shape index (κ1) is 27.4. The molecule has 0 aromatic heterocycles. The predicted octanol–water partition coefficient (Wildman–Crippen LogP) is 4.56. The molecule has 1 aliphatic rings. The fraction of sp³-hybridized carbons (Fsp3) is 0.500. The summed E-state index contributed by atoms with van der Waals surface area (Å²) in [7, 11) is 0.